The number of likely N-dealkylation sites (tertiary alicyclic amines) is 1. The first-order chi connectivity index (χ1) is 8.81. The summed E-state index contributed by atoms with van der Waals surface area (Å²) in [7, 11) is 2.18. The fraction of sp³-hybridized carbons (Fsp3) is 0.846. The molecule has 2 fully saturated rings. The van der Waals surface area contributed by atoms with Crippen LogP contribution in [0.3, 0.4) is 0 Å². The van der Waals surface area contributed by atoms with Crippen molar-refractivity contribution in [3.05, 3.63) is 11.7 Å². The van der Waals surface area contributed by atoms with Crippen LogP contribution in [0, 0.1) is 5.92 Å². The molecule has 100 valence electrons. The van der Waals surface area contributed by atoms with Gasteiger partial charge in [-0.05, 0) is 51.9 Å². The average molecular weight is 250 g/mol. The maximum Gasteiger partial charge on any atom is 0.229 e. The van der Waals surface area contributed by atoms with Crippen LogP contribution in [0.25, 0.3) is 0 Å². The van der Waals surface area contributed by atoms with Crippen molar-refractivity contribution >= 4 is 0 Å². The summed E-state index contributed by atoms with van der Waals surface area (Å²) >= 11 is 0. The van der Waals surface area contributed by atoms with Gasteiger partial charge in [-0.2, -0.15) is 4.98 Å². The number of hydrogen-bond donors (Lipinski definition) is 1. The fourth-order valence-corrected chi connectivity index (χ4v) is 3.04. The molecule has 3 rings (SSSR count). The van der Waals surface area contributed by atoms with Gasteiger partial charge in [-0.25, -0.2) is 0 Å². The Morgan fingerprint density at radius 1 is 1.33 bits per heavy atom. The molecule has 2 aliphatic rings. The summed E-state index contributed by atoms with van der Waals surface area (Å²) < 4.78 is 5.44. The second kappa shape index (κ2) is 5.36. The van der Waals surface area contributed by atoms with Gasteiger partial charge in [0.25, 0.3) is 0 Å². The summed E-state index contributed by atoms with van der Waals surface area (Å²) in [6.45, 7) is 4.49. The van der Waals surface area contributed by atoms with Crippen LogP contribution >= 0.6 is 0 Å². The van der Waals surface area contributed by atoms with E-state index < -0.39 is 0 Å². The maximum atomic E-state index is 5.44. The Hall–Kier alpha value is -0.940. The van der Waals surface area contributed by atoms with Crippen molar-refractivity contribution in [2.75, 3.05) is 33.2 Å². The third-order valence-electron chi connectivity index (χ3n) is 4.13. The lowest BCUT2D eigenvalue weighted by Gasteiger charge is -2.18. The molecule has 0 radical (unpaired) electrons. The first-order valence-corrected chi connectivity index (χ1v) is 7.03. The molecule has 0 aliphatic carbocycles. The zero-order chi connectivity index (χ0) is 12.4. The van der Waals surface area contributed by atoms with Crippen LogP contribution in [0.2, 0.25) is 0 Å². The van der Waals surface area contributed by atoms with Gasteiger partial charge in [0.05, 0.1) is 0 Å². The summed E-state index contributed by atoms with van der Waals surface area (Å²) in [5.41, 5.74) is 0. The Balaban J connectivity index is 1.59. The van der Waals surface area contributed by atoms with Crippen molar-refractivity contribution in [1.29, 1.82) is 0 Å². The molecule has 1 aromatic rings. The zero-order valence-corrected chi connectivity index (χ0v) is 11.1. The molecule has 1 atom stereocenters. The van der Waals surface area contributed by atoms with Crippen molar-refractivity contribution in [2.24, 2.45) is 5.92 Å². The van der Waals surface area contributed by atoms with Crippen LogP contribution in [0.5, 0.6) is 0 Å². The molecule has 1 unspecified atom stereocenters. The monoisotopic (exact) mass is 250 g/mol. The summed E-state index contributed by atoms with van der Waals surface area (Å²) in [5, 5.41) is 7.51. The summed E-state index contributed by atoms with van der Waals surface area (Å²) in [4.78, 5) is 6.97. The van der Waals surface area contributed by atoms with E-state index >= 15 is 0 Å². The minimum Gasteiger partial charge on any atom is -0.339 e. The highest BCUT2D eigenvalue weighted by Crippen LogP contribution is 2.24. The fourth-order valence-electron chi connectivity index (χ4n) is 3.04. The van der Waals surface area contributed by atoms with Gasteiger partial charge in [-0.15, -0.1) is 0 Å². The predicted molar refractivity (Wildman–Crippen MR) is 68.5 cm³/mol. The van der Waals surface area contributed by atoms with E-state index in [-0.39, 0.29) is 0 Å². The molecule has 1 N–H and O–H groups in total. The normalized spacial score (nSPS) is 26.8. The van der Waals surface area contributed by atoms with Crippen LogP contribution < -0.4 is 5.32 Å². The molecule has 1 aromatic heterocycles. The molecule has 2 saturated heterocycles. The van der Waals surface area contributed by atoms with Crippen LogP contribution in [0.1, 0.15) is 36.9 Å². The third-order valence-corrected chi connectivity index (χ3v) is 4.13. The van der Waals surface area contributed by atoms with Gasteiger partial charge in [0.15, 0.2) is 5.82 Å². The van der Waals surface area contributed by atoms with Gasteiger partial charge in [-0.3, -0.25) is 0 Å². The van der Waals surface area contributed by atoms with E-state index in [0.717, 1.165) is 50.6 Å². The topological polar surface area (TPSA) is 54.2 Å². The van der Waals surface area contributed by atoms with Gasteiger partial charge in [0, 0.05) is 18.9 Å². The average Bonchev–Trinajstić information content (AvgIpc) is 3.01. The minimum absolute atomic E-state index is 0.471. The van der Waals surface area contributed by atoms with Crippen LogP contribution in [-0.2, 0) is 6.42 Å². The standard InChI is InChI=1S/C13H22N4O/c1-17-7-4-10(9-17)8-12-15-13(18-16-12)11-2-5-14-6-3-11/h10-11,14H,2-9H2,1H3. The Morgan fingerprint density at radius 3 is 2.89 bits per heavy atom. The zero-order valence-electron chi connectivity index (χ0n) is 11.1. The van der Waals surface area contributed by atoms with E-state index in [4.69, 9.17) is 4.52 Å². The molecule has 18 heavy (non-hydrogen) atoms. The van der Waals surface area contributed by atoms with Gasteiger partial charge >= 0.3 is 0 Å². The van der Waals surface area contributed by atoms with Crippen LogP contribution in [0.15, 0.2) is 4.52 Å². The summed E-state index contributed by atoms with van der Waals surface area (Å²) in [6.07, 6.45) is 4.47. The molecular formula is C13H22N4O. The predicted octanol–water partition coefficient (Wildman–Crippen LogP) is 1.03. The van der Waals surface area contributed by atoms with E-state index in [1.807, 2.05) is 0 Å². The molecule has 3 heterocycles. The van der Waals surface area contributed by atoms with Crippen LogP contribution in [0.4, 0.5) is 0 Å². The van der Waals surface area contributed by atoms with Crippen molar-refractivity contribution in [2.45, 2.75) is 31.6 Å². The largest absolute Gasteiger partial charge is 0.339 e. The van der Waals surface area contributed by atoms with Gasteiger partial charge in [-0.1, -0.05) is 5.16 Å². The summed E-state index contributed by atoms with van der Waals surface area (Å²) in [6, 6.07) is 0. The van der Waals surface area contributed by atoms with E-state index in [2.05, 4.69) is 27.4 Å². The van der Waals surface area contributed by atoms with E-state index in [9.17, 15) is 0 Å². The maximum absolute atomic E-state index is 5.44. The molecule has 2 aliphatic heterocycles. The van der Waals surface area contributed by atoms with Crippen LogP contribution in [-0.4, -0.2) is 48.3 Å². The second-order valence-corrected chi connectivity index (χ2v) is 5.69. The quantitative estimate of drug-likeness (QED) is 0.868. The lowest BCUT2D eigenvalue weighted by Crippen LogP contribution is -2.26. The Bertz CT molecular complexity index is 386. The molecular weight excluding hydrogens is 228 g/mol. The molecule has 0 bridgehead atoms. The highest BCUT2D eigenvalue weighted by Gasteiger charge is 2.24. The van der Waals surface area contributed by atoms with Crippen molar-refractivity contribution in [3.63, 3.8) is 0 Å². The van der Waals surface area contributed by atoms with E-state index in [1.54, 1.807) is 0 Å². The first kappa shape index (κ1) is 12.1. The van der Waals surface area contributed by atoms with E-state index in [0.29, 0.717) is 11.8 Å². The Kier molecular flexibility index (Phi) is 3.61. The second-order valence-electron chi connectivity index (χ2n) is 5.69. The number of aromatic nitrogens is 2. The lowest BCUT2D eigenvalue weighted by molar-refractivity contribution is 0.317. The molecule has 5 nitrogen and oxygen atoms in total. The van der Waals surface area contributed by atoms with E-state index in [1.165, 1.54) is 13.0 Å². The molecule has 0 saturated carbocycles. The molecule has 5 heteroatoms. The number of rotatable bonds is 3. The van der Waals surface area contributed by atoms with Crippen molar-refractivity contribution in [3.8, 4) is 0 Å². The third kappa shape index (κ3) is 2.72. The first-order valence-electron chi connectivity index (χ1n) is 7.03. The number of hydrogen-bond acceptors (Lipinski definition) is 5. The number of nitrogens with zero attached hydrogens (tertiary/aromatic N) is 3. The van der Waals surface area contributed by atoms with Crippen molar-refractivity contribution < 1.29 is 4.52 Å². The van der Waals surface area contributed by atoms with Crippen molar-refractivity contribution in [1.82, 2.24) is 20.4 Å². The molecule has 0 aromatic carbocycles. The summed E-state index contributed by atoms with van der Waals surface area (Å²) in [5.74, 6) is 2.94. The number of nitrogens with one attached hydrogen (secondary N) is 1. The minimum atomic E-state index is 0.471. The Labute approximate surface area is 108 Å². The lowest BCUT2D eigenvalue weighted by atomic mass is 9.98. The SMILES string of the molecule is CN1CCC(Cc2noc(C3CCNCC3)n2)C1. The molecule has 0 spiro atoms. The van der Waals surface area contributed by atoms with Gasteiger partial charge in [0.1, 0.15) is 0 Å². The van der Waals surface area contributed by atoms with Gasteiger partial charge in [0.2, 0.25) is 5.89 Å². The highest BCUT2D eigenvalue weighted by atomic mass is 16.5. The Morgan fingerprint density at radius 2 is 2.17 bits per heavy atom. The molecule has 0 amide bonds. The number of piperidine rings is 1. The highest BCUT2D eigenvalue weighted by molar-refractivity contribution is 4.97. The smallest absolute Gasteiger partial charge is 0.229 e. The van der Waals surface area contributed by atoms with Gasteiger partial charge < -0.3 is 14.7 Å².